The topological polar surface area (TPSA) is 91.3 Å². The van der Waals surface area contributed by atoms with Crippen LogP contribution in [-0.2, 0) is 4.79 Å². The van der Waals surface area contributed by atoms with Gasteiger partial charge in [0.05, 0.1) is 16.6 Å². The number of aliphatic hydroxyl groups is 1. The molecule has 0 bridgehead atoms. The molecule has 2 amide bonds. The second kappa shape index (κ2) is 7.64. The van der Waals surface area contributed by atoms with Gasteiger partial charge in [-0.1, -0.05) is 24.6 Å². The van der Waals surface area contributed by atoms with Crippen LogP contribution in [0.15, 0.2) is 36.5 Å². The van der Waals surface area contributed by atoms with Crippen molar-refractivity contribution in [3.8, 4) is 0 Å². The molecule has 0 spiro atoms. The van der Waals surface area contributed by atoms with Gasteiger partial charge in [0.1, 0.15) is 6.10 Å². The maximum absolute atomic E-state index is 12.8. The van der Waals surface area contributed by atoms with Gasteiger partial charge < -0.3 is 15.7 Å². The van der Waals surface area contributed by atoms with Crippen molar-refractivity contribution in [2.45, 2.75) is 57.7 Å². The number of hydrogen-bond donors (Lipinski definition) is 3. The van der Waals surface area contributed by atoms with Crippen LogP contribution in [0, 0.1) is 5.92 Å². The Morgan fingerprint density at radius 3 is 2.59 bits per heavy atom. The minimum Gasteiger partial charge on any atom is -0.383 e. The summed E-state index contributed by atoms with van der Waals surface area (Å²) in [5.74, 6) is -0.571. The Kier molecular flexibility index (Phi) is 5.46. The van der Waals surface area contributed by atoms with Gasteiger partial charge in [0.2, 0.25) is 5.91 Å². The summed E-state index contributed by atoms with van der Waals surface area (Å²) in [6, 6.07) is 8.87. The van der Waals surface area contributed by atoms with Crippen molar-refractivity contribution in [2.24, 2.45) is 5.92 Å². The highest BCUT2D eigenvalue weighted by atomic mass is 16.3. The summed E-state index contributed by atoms with van der Waals surface area (Å²) in [5.41, 5.74) is 0.429. The summed E-state index contributed by atoms with van der Waals surface area (Å²) in [7, 11) is 0. The molecule has 1 aliphatic rings. The van der Waals surface area contributed by atoms with Gasteiger partial charge in [-0.25, -0.2) is 0 Å². The number of nitrogens with zero attached hydrogens (tertiary/aromatic N) is 1. The molecule has 27 heavy (non-hydrogen) atoms. The van der Waals surface area contributed by atoms with E-state index in [9.17, 15) is 14.7 Å². The third kappa shape index (κ3) is 4.11. The summed E-state index contributed by atoms with van der Waals surface area (Å²) in [4.78, 5) is 29.4. The smallest absolute Gasteiger partial charge is 0.253 e. The number of benzene rings is 1. The Morgan fingerprint density at radius 1 is 1.22 bits per heavy atom. The van der Waals surface area contributed by atoms with Crippen molar-refractivity contribution in [3.05, 3.63) is 42.1 Å². The van der Waals surface area contributed by atoms with E-state index in [1.165, 1.54) is 0 Å². The molecule has 1 aromatic heterocycles. The van der Waals surface area contributed by atoms with E-state index < -0.39 is 11.6 Å². The first-order valence-corrected chi connectivity index (χ1v) is 9.44. The number of aromatic nitrogens is 1. The van der Waals surface area contributed by atoms with Crippen molar-refractivity contribution in [1.82, 2.24) is 15.6 Å². The zero-order chi connectivity index (χ0) is 19.6. The maximum Gasteiger partial charge on any atom is 0.253 e. The van der Waals surface area contributed by atoms with E-state index in [0.717, 1.165) is 24.6 Å². The van der Waals surface area contributed by atoms with Crippen LogP contribution in [0.4, 0.5) is 0 Å². The van der Waals surface area contributed by atoms with Crippen molar-refractivity contribution in [3.63, 3.8) is 0 Å². The van der Waals surface area contributed by atoms with Crippen molar-refractivity contribution >= 4 is 22.7 Å². The predicted octanol–water partition coefficient (Wildman–Crippen LogP) is 2.41. The molecule has 6 nitrogen and oxygen atoms in total. The second-order valence-electron chi connectivity index (χ2n) is 7.92. The van der Waals surface area contributed by atoms with Crippen LogP contribution in [0.1, 0.15) is 50.4 Å². The highest BCUT2D eigenvalue weighted by Gasteiger charge is 2.35. The van der Waals surface area contributed by atoms with E-state index in [2.05, 4.69) is 15.6 Å². The molecule has 3 rings (SSSR count). The van der Waals surface area contributed by atoms with E-state index in [1.54, 1.807) is 12.3 Å². The number of nitrogens with one attached hydrogen (secondary N) is 2. The molecule has 0 radical (unpaired) electrons. The molecular weight excluding hydrogens is 342 g/mol. The minimum absolute atomic E-state index is 0.0486. The Morgan fingerprint density at radius 2 is 1.93 bits per heavy atom. The van der Waals surface area contributed by atoms with Crippen LogP contribution in [0.3, 0.4) is 0 Å². The van der Waals surface area contributed by atoms with Gasteiger partial charge in [0.15, 0.2) is 0 Å². The summed E-state index contributed by atoms with van der Waals surface area (Å²) in [6.07, 6.45) is 3.51. The number of para-hydroxylation sites is 1. The van der Waals surface area contributed by atoms with Gasteiger partial charge in [-0.05, 0) is 51.7 Å². The monoisotopic (exact) mass is 369 g/mol. The molecule has 0 aliphatic heterocycles. The molecule has 144 valence electrons. The average Bonchev–Trinajstić information content (AvgIpc) is 2.59. The number of pyridine rings is 1. The molecule has 1 heterocycles. The Balaban J connectivity index is 1.68. The lowest BCUT2D eigenvalue weighted by Gasteiger charge is -2.36. The lowest BCUT2D eigenvalue weighted by Crippen LogP contribution is -2.60. The van der Waals surface area contributed by atoms with E-state index in [0.29, 0.717) is 11.1 Å². The first-order chi connectivity index (χ1) is 12.8. The lowest BCUT2D eigenvalue weighted by molar-refractivity contribution is -0.135. The first-order valence-electron chi connectivity index (χ1n) is 9.44. The third-order valence-corrected chi connectivity index (χ3v) is 5.62. The second-order valence-corrected chi connectivity index (χ2v) is 7.92. The molecule has 6 heteroatoms. The standard InChI is InChI=1S/C21H27N3O3/c1-13(21(2,3)24-20(27)18(25)15-8-4-9-15)23-19(26)16-11-5-7-14-10-6-12-22-17(14)16/h5-7,10-13,15,18,25H,4,8-9H2,1-3H3,(H,23,26)(H,24,27)/t13?,18-/m1/s1. The van der Waals surface area contributed by atoms with Crippen LogP contribution in [0.2, 0.25) is 0 Å². The molecule has 1 aromatic carbocycles. The number of carbonyl (C=O) groups excluding carboxylic acids is 2. The van der Waals surface area contributed by atoms with E-state index in [4.69, 9.17) is 0 Å². The molecule has 1 fully saturated rings. The first kappa shape index (κ1) is 19.3. The fourth-order valence-corrected chi connectivity index (χ4v) is 3.21. The number of amides is 2. The summed E-state index contributed by atoms with van der Waals surface area (Å²) in [6.45, 7) is 5.52. The zero-order valence-electron chi connectivity index (χ0n) is 16.0. The quantitative estimate of drug-likeness (QED) is 0.729. The summed E-state index contributed by atoms with van der Waals surface area (Å²) < 4.78 is 0. The molecule has 3 N–H and O–H groups in total. The van der Waals surface area contributed by atoms with Crippen LogP contribution in [0.25, 0.3) is 10.9 Å². The molecule has 0 saturated heterocycles. The zero-order valence-corrected chi connectivity index (χ0v) is 16.0. The minimum atomic E-state index is -0.983. The van der Waals surface area contributed by atoms with Gasteiger partial charge in [0, 0.05) is 17.6 Å². The number of fused-ring (bicyclic) bond motifs is 1. The Labute approximate surface area is 159 Å². The normalized spacial score (nSPS) is 17.0. The molecule has 2 atom stereocenters. The van der Waals surface area contributed by atoms with Crippen molar-refractivity contribution in [2.75, 3.05) is 0 Å². The number of aliphatic hydroxyl groups excluding tert-OH is 1. The summed E-state index contributed by atoms with van der Waals surface area (Å²) in [5, 5.41) is 16.9. The van der Waals surface area contributed by atoms with Gasteiger partial charge in [-0.15, -0.1) is 0 Å². The fourth-order valence-electron chi connectivity index (χ4n) is 3.21. The molecule has 1 aliphatic carbocycles. The van der Waals surface area contributed by atoms with Gasteiger partial charge in [-0.2, -0.15) is 0 Å². The third-order valence-electron chi connectivity index (χ3n) is 5.62. The predicted molar refractivity (Wildman–Crippen MR) is 104 cm³/mol. The van der Waals surface area contributed by atoms with Crippen LogP contribution >= 0.6 is 0 Å². The molecular formula is C21H27N3O3. The SMILES string of the molecule is CC(NC(=O)c1cccc2cccnc12)C(C)(C)NC(=O)[C@H](O)C1CCC1. The van der Waals surface area contributed by atoms with Crippen molar-refractivity contribution in [1.29, 1.82) is 0 Å². The maximum atomic E-state index is 12.8. The lowest BCUT2D eigenvalue weighted by atomic mass is 9.80. The van der Waals surface area contributed by atoms with Gasteiger partial charge >= 0.3 is 0 Å². The summed E-state index contributed by atoms with van der Waals surface area (Å²) >= 11 is 0. The molecule has 1 unspecified atom stereocenters. The van der Waals surface area contributed by atoms with Crippen LogP contribution in [0.5, 0.6) is 0 Å². The highest BCUT2D eigenvalue weighted by molar-refractivity contribution is 6.05. The van der Waals surface area contributed by atoms with E-state index >= 15 is 0 Å². The Hall–Kier alpha value is -2.47. The Bertz CT molecular complexity index is 840. The number of hydrogen-bond acceptors (Lipinski definition) is 4. The number of rotatable bonds is 6. The highest BCUT2D eigenvalue weighted by Crippen LogP contribution is 2.30. The van der Waals surface area contributed by atoms with E-state index in [1.807, 2.05) is 45.0 Å². The largest absolute Gasteiger partial charge is 0.383 e. The van der Waals surface area contributed by atoms with Crippen molar-refractivity contribution < 1.29 is 14.7 Å². The van der Waals surface area contributed by atoms with E-state index in [-0.39, 0.29) is 23.8 Å². The van der Waals surface area contributed by atoms with Crippen LogP contribution < -0.4 is 10.6 Å². The van der Waals surface area contributed by atoms with Gasteiger partial charge in [-0.3, -0.25) is 14.6 Å². The number of carbonyl (C=O) groups is 2. The fraction of sp³-hybridized carbons (Fsp3) is 0.476. The molecule has 1 saturated carbocycles. The average molecular weight is 369 g/mol. The molecule has 2 aromatic rings. The van der Waals surface area contributed by atoms with Crippen LogP contribution in [-0.4, -0.2) is 39.6 Å². The van der Waals surface area contributed by atoms with Gasteiger partial charge in [0.25, 0.3) is 5.91 Å².